The molecule has 20 heavy (non-hydrogen) atoms. The van der Waals surface area contributed by atoms with Crippen molar-refractivity contribution >= 4 is 11.6 Å². The predicted molar refractivity (Wildman–Crippen MR) is 82.5 cm³/mol. The van der Waals surface area contributed by atoms with Gasteiger partial charge in [0.25, 0.3) is 0 Å². The smallest absolute Gasteiger partial charge is 0.207 e. The molecule has 0 saturated heterocycles. The van der Waals surface area contributed by atoms with Gasteiger partial charge in [-0.2, -0.15) is 0 Å². The van der Waals surface area contributed by atoms with E-state index < -0.39 is 0 Å². The second kappa shape index (κ2) is 6.09. The van der Waals surface area contributed by atoms with Crippen molar-refractivity contribution in [2.24, 2.45) is 0 Å². The fourth-order valence-corrected chi connectivity index (χ4v) is 1.99. The average Bonchev–Trinajstić information content (AvgIpc) is 2.83. The molecule has 0 bridgehead atoms. The fourth-order valence-electron chi connectivity index (χ4n) is 1.99. The van der Waals surface area contributed by atoms with Gasteiger partial charge in [0.2, 0.25) is 5.95 Å². The minimum Gasteiger partial charge on any atom is -0.383 e. The van der Waals surface area contributed by atoms with E-state index >= 15 is 0 Å². The molecule has 0 unspecified atom stereocenters. The summed E-state index contributed by atoms with van der Waals surface area (Å²) in [6, 6.07) is 8.50. The lowest BCUT2D eigenvalue weighted by Crippen LogP contribution is -2.11. The standard InChI is InChI=1S/C16H23N3O/c1-16(2,3)13-5-7-14(8-6-13)18-15-17-9-10-19(15)11-12-20-4/h5-10H,11-12H2,1-4H3,(H,17,18). The highest BCUT2D eigenvalue weighted by atomic mass is 16.5. The summed E-state index contributed by atoms with van der Waals surface area (Å²) in [6.07, 6.45) is 3.74. The van der Waals surface area contributed by atoms with E-state index in [9.17, 15) is 0 Å². The molecule has 1 aromatic carbocycles. The Bertz CT molecular complexity index is 538. The van der Waals surface area contributed by atoms with Gasteiger partial charge >= 0.3 is 0 Å². The number of benzene rings is 1. The lowest BCUT2D eigenvalue weighted by molar-refractivity contribution is 0.188. The third kappa shape index (κ3) is 3.61. The monoisotopic (exact) mass is 273 g/mol. The molecule has 1 heterocycles. The number of nitrogens with one attached hydrogen (secondary N) is 1. The summed E-state index contributed by atoms with van der Waals surface area (Å²) in [7, 11) is 1.70. The van der Waals surface area contributed by atoms with E-state index in [1.165, 1.54) is 5.56 Å². The van der Waals surface area contributed by atoms with Crippen LogP contribution >= 0.6 is 0 Å². The highest BCUT2D eigenvalue weighted by molar-refractivity contribution is 5.54. The Hall–Kier alpha value is -1.81. The Balaban J connectivity index is 2.09. The number of rotatable bonds is 5. The Labute approximate surface area is 120 Å². The first-order chi connectivity index (χ1) is 9.50. The molecule has 0 aliphatic heterocycles. The molecule has 0 aliphatic carbocycles. The van der Waals surface area contributed by atoms with Gasteiger partial charge in [0.05, 0.1) is 6.61 Å². The van der Waals surface area contributed by atoms with E-state index in [0.29, 0.717) is 6.61 Å². The van der Waals surface area contributed by atoms with Crippen LogP contribution in [0.4, 0.5) is 11.6 Å². The first kappa shape index (κ1) is 14.6. The third-order valence-corrected chi connectivity index (χ3v) is 3.26. The molecule has 1 N–H and O–H groups in total. The molecule has 0 radical (unpaired) electrons. The van der Waals surface area contributed by atoms with Crippen molar-refractivity contribution in [1.29, 1.82) is 0 Å². The molecule has 4 nitrogen and oxygen atoms in total. The summed E-state index contributed by atoms with van der Waals surface area (Å²) >= 11 is 0. The Kier molecular flexibility index (Phi) is 4.45. The topological polar surface area (TPSA) is 39.1 Å². The summed E-state index contributed by atoms with van der Waals surface area (Å²) in [6.45, 7) is 8.11. The van der Waals surface area contributed by atoms with Crippen LogP contribution < -0.4 is 5.32 Å². The second-order valence-corrected chi connectivity index (χ2v) is 5.89. The molecule has 0 fully saturated rings. The van der Waals surface area contributed by atoms with Crippen LogP contribution in [-0.4, -0.2) is 23.3 Å². The van der Waals surface area contributed by atoms with Gasteiger partial charge < -0.3 is 14.6 Å². The molecular weight excluding hydrogens is 250 g/mol. The number of hydrogen-bond donors (Lipinski definition) is 1. The van der Waals surface area contributed by atoms with Gasteiger partial charge in [0.15, 0.2) is 0 Å². The van der Waals surface area contributed by atoms with Crippen LogP contribution in [-0.2, 0) is 16.7 Å². The molecule has 1 aromatic heterocycles. The summed E-state index contributed by atoms with van der Waals surface area (Å²) in [5.41, 5.74) is 2.55. The molecule has 4 heteroatoms. The zero-order valence-electron chi connectivity index (χ0n) is 12.7. The lowest BCUT2D eigenvalue weighted by atomic mass is 9.87. The van der Waals surface area contributed by atoms with Gasteiger partial charge in [-0.3, -0.25) is 0 Å². The van der Waals surface area contributed by atoms with E-state index in [2.05, 4.69) is 55.3 Å². The number of anilines is 2. The van der Waals surface area contributed by atoms with Crippen LogP contribution in [0, 0.1) is 0 Å². The predicted octanol–water partition coefficient (Wildman–Crippen LogP) is 3.57. The quantitative estimate of drug-likeness (QED) is 0.905. The highest BCUT2D eigenvalue weighted by Gasteiger charge is 2.13. The molecule has 0 atom stereocenters. The highest BCUT2D eigenvalue weighted by Crippen LogP contribution is 2.24. The second-order valence-electron chi connectivity index (χ2n) is 5.89. The van der Waals surface area contributed by atoms with E-state index in [1.54, 1.807) is 13.3 Å². The van der Waals surface area contributed by atoms with Crippen molar-refractivity contribution in [2.45, 2.75) is 32.7 Å². The molecule has 2 aromatic rings. The van der Waals surface area contributed by atoms with Crippen LogP contribution in [0.15, 0.2) is 36.7 Å². The molecule has 0 aliphatic rings. The van der Waals surface area contributed by atoms with E-state index in [4.69, 9.17) is 4.74 Å². The number of methoxy groups -OCH3 is 1. The van der Waals surface area contributed by atoms with Gasteiger partial charge in [-0.25, -0.2) is 4.98 Å². The largest absolute Gasteiger partial charge is 0.383 e. The van der Waals surface area contributed by atoms with Crippen molar-refractivity contribution < 1.29 is 4.74 Å². The number of aromatic nitrogens is 2. The first-order valence-electron chi connectivity index (χ1n) is 6.88. The van der Waals surface area contributed by atoms with Crippen molar-refractivity contribution in [3.63, 3.8) is 0 Å². The van der Waals surface area contributed by atoms with Crippen LogP contribution in [0.25, 0.3) is 0 Å². The summed E-state index contributed by atoms with van der Waals surface area (Å²) in [5, 5.41) is 3.34. The number of hydrogen-bond acceptors (Lipinski definition) is 3. The number of nitrogens with zero attached hydrogens (tertiary/aromatic N) is 2. The average molecular weight is 273 g/mol. The lowest BCUT2D eigenvalue weighted by Gasteiger charge is -2.19. The molecule has 108 valence electrons. The van der Waals surface area contributed by atoms with Crippen LogP contribution in [0.2, 0.25) is 0 Å². The van der Waals surface area contributed by atoms with Crippen LogP contribution in [0.5, 0.6) is 0 Å². The maximum atomic E-state index is 5.10. The first-order valence-corrected chi connectivity index (χ1v) is 6.88. The Morgan fingerprint density at radius 2 is 1.90 bits per heavy atom. The van der Waals surface area contributed by atoms with Crippen molar-refractivity contribution in [3.8, 4) is 0 Å². The number of imidazole rings is 1. The van der Waals surface area contributed by atoms with Gasteiger partial charge in [-0.15, -0.1) is 0 Å². The van der Waals surface area contributed by atoms with E-state index in [1.807, 2.05) is 10.8 Å². The van der Waals surface area contributed by atoms with Crippen LogP contribution in [0.3, 0.4) is 0 Å². The molecule has 0 amide bonds. The molecular formula is C16H23N3O. The van der Waals surface area contributed by atoms with Crippen molar-refractivity contribution in [2.75, 3.05) is 19.0 Å². The summed E-state index contributed by atoms with van der Waals surface area (Å²) < 4.78 is 7.14. The maximum Gasteiger partial charge on any atom is 0.207 e. The Morgan fingerprint density at radius 1 is 1.20 bits per heavy atom. The minimum absolute atomic E-state index is 0.176. The minimum atomic E-state index is 0.176. The zero-order chi connectivity index (χ0) is 14.6. The molecule has 0 spiro atoms. The molecule has 2 rings (SSSR count). The molecule has 0 saturated carbocycles. The SMILES string of the molecule is COCCn1ccnc1Nc1ccc(C(C)(C)C)cc1. The van der Waals surface area contributed by atoms with Gasteiger partial charge in [0, 0.05) is 31.7 Å². The van der Waals surface area contributed by atoms with Gasteiger partial charge in [0.1, 0.15) is 0 Å². The summed E-state index contributed by atoms with van der Waals surface area (Å²) in [5.74, 6) is 0.838. The van der Waals surface area contributed by atoms with E-state index in [-0.39, 0.29) is 5.41 Å². The van der Waals surface area contributed by atoms with Gasteiger partial charge in [-0.05, 0) is 23.1 Å². The number of ether oxygens (including phenoxy) is 1. The van der Waals surface area contributed by atoms with Gasteiger partial charge in [-0.1, -0.05) is 32.9 Å². The van der Waals surface area contributed by atoms with Crippen molar-refractivity contribution in [3.05, 3.63) is 42.2 Å². The normalized spacial score (nSPS) is 11.6. The third-order valence-electron chi connectivity index (χ3n) is 3.26. The van der Waals surface area contributed by atoms with Crippen LogP contribution in [0.1, 0.15) is 26.3 Å². The summed E-state index contributed by atoms with van der Waals surface area (Å²) in [4.78, 5) is 4.33. The fraction of sp³-hybridized carbons (Fsp3) is 0.438. The van der Waals surface area contributed by atoms with Crippen molar-refractivity contribution in [1.82, 2.24) is 9.55 Å². The Morgan fingerprint density at radius 3 is 2.50 bits per heavy atom. The zero-order valence-corrected chi connectivity index (χ0v) is 12.7. The maximum absolute atomic E-state index is 5.10. The van der Waals surface area contributed by atoms with E-state index in [0.717, 1.165) is 18.2 Å².